The number of nitrogens with two attached hydrogens (primary N) is 1. The number of halogens is 1. The molecule has 0 atom stereocenters. The second-order valence-corrected chi connectivity index (χ2v) is 4.81. The second-order valence-electron chi connectivity index (χ2n) is 4.81. The highest BCUT2D eigenvalue weighted by Gasteiger charge is 2.12. The van der Waals surface area contributed by atoms with Crippen molar-refractivity contribution >= 4 is 27.8 Å². The minimum Gasteiger partial charge on any atom is -0.369 e. The lowest BCUT2D eigenvalue weighted by atomic mass is 10.1. The van der Waals surface area contributed by atoms with E-state index in [2.05, 4.69) is 9.97 Å². The summed E-state index contributed by atoms with van der Waals surface area (Å²) in [6.45, 7) is 0. The van der Waals surface area contributed by atoms with Gasteiger partial charge in [-0.15, -0.1) is 0 Å². The molecule has 21 heavy (non-hydrogen) atoms. The zero-order valence-electron chi connectivity index (χ0n) is 11.0. The molecular formula is C16H11FN4. The van der Waals surface area contributed by atoms with Crippen molar-refractivity contribution in [3.05, 3.63) is 60.7 Å². The summed E-state index contributed by atoms with van der Waals surface area (Å²) in [4.78, 5) is 8.37. The minimum absolute atomic E-state index is 0.325. The molecular weight excluding hydrogens is 267 g/mol. The number of nitrogens with zero attached hydrogens (tertiary/aromatic N) is 3. The number of fused-ring (bicyclic) bond motifs is 2. The molecule has 2 N–H and O–H groups in total. The summed E-state index contributed by atoms with van der Waals surface area (Å²) in [5.41, 5.74) is 8.26. The van der Waals surface area contributed by atoms with E-state index >= 15 is 0 Å². The topological polar surface area (TPSA) is 56.7 Å². The number of benzene rings is 2. The molecule has 2 heterocycles. The molecule has 5 heteroatoms. The van der Waals surface area contributed by atoms with Gasteiger partial charge in [-0.2, -0.15) is 0 Å². The number of nitrogen functional groups attached to an aromatic ring is 1. The van der Waals surface area contributed by atoms with Crippen LogP contribution in [0.5, 0.6) is 0 Å². The number of rotatable bonds is 1. The third-order valence-electron chi connectivity index (χ3n) is 3.54. The smallest absolute Gasteiger partial charge is 0.205 e. The first-order valence-electron chi connectivity index (χ1n) is 6.50. The highest BCUT2D eigenvalue weighted by Crippen LogP contribution is 2.28. The van der Waals surface area contributed by atoms with Crippen LogP contribution in [-0.4, -0.2) is 14.5 Å². The normalized spacial score (nSPS) is 11.3. The second kappa shape index (κ2) is 4.28. The summed E-state index contributed by atoms with van der Waals surface area (Å²) >= 11 is 0. The van der Waals surface area contributed by atoms with Crippen molar-refractivity contribution in [2.24, 2.45) is 0 Å². The lowest BCUT2D eigenvalue weighted by molar-refractivity contribution is 0.629. The van der Waals surface area contributed by atoms with Gasteiger partial charge in [0.2, 0.25) is 5.95 Å². The summed E-state index contributed by atoms with van der Waals surface area (Å²) in [6.07, 6.45) is 3.54. The molecule has 0 aliphatic carbocycles. The van der Waals surface area contributed by atoms with Gasteiger partial charge in [0.15, 0.2) is 0 Å². The Morgan fingerprint density at radius 1 is 1.10 bits per heavy atom. The Bertz CT molecular complexity index is 969. The van der Waals surface area contributed by atoms with Crippen molar-refractivity contribution in [1.29, 1.82) is 0 Å². The first kappa shape index (κ1) is 11.8. The molecule has 4 nitrogen and oxygen atoms in total. The Morgan fingerprint density at radius 2 is 2.00 bits per heavy atom. The van der Waals surface area contributed by atoms with E-state index < -0.39 is 0 Å². The molecule has 0 aliphatic heterocycles. The average molecular weight is 278 g/mol. The van der Waals surface area contributed by atoms with E-state index in [0.717, 1.165) is 22.0 Å². The van der Waals surface area contributed by atoms with Gasteiger partial charge in [-0.25, -0.2) is 9.37 Å². The maximum Gasteiger partial charge on any atom is 0.205 e. The van der Waals surface area contributed by atoms with Crippen molar-refractivity contribution in [2.45, 2.75) is 0 Å². The molecule has 4 aromatic rings. The van der Waals surface area contributed by atoms with E-state index in [1.165, 1.54) is 12.1 Å². The molecule has 0 spiro atoms. The van der Waals surface area contributed by atoms with Crippen LogP contribution in [0, 0.1) is 5.82 Å². The quantitative estimate of drug-likeness (QED) is 0.581. The van der Waals surface area contributed by atoms with E-state index in [-0.39, 0.29) is 5.82 Å². The van der Waals surface area contributed by atoms with Crippen molar-refractivity contribution in [3.8, 4) is 5.69 Å². The molecule has 2 aromatic heterocycles. The maximum absolute atomic E-state index is 13.3. The summed E-state index contributed by atoms with van der Waals surface area (Å²) in [5.74, 6) is 0.00850. The first-order valence-corrected chi connectivity index (χ1v) is 6.50. The predicted octanol–water partition coefficient (Wildman–Crippen LogP) is 3.30. The van der Waals surface area contributed by atoms with Gasteiger partial charge < -0.3 is 5.73 Å². The van der Waals surface area contributed by atoms with Crippen LogP contribution in [-0.2, 0) is 0 Å². The van der Waals surface area contributed by atoms with Crippen LogP contribution < -0.4 is 5.73 Å². The highest BCUT2D eigenvalue weighted by molar-refractivity contribution is 5.92. The standard InChI is InChI=1S/C16H11FN4/c17-11-4-5-15-13(8-11)20-16(18)21(15)14-3-1-2-10-9-19-7-6-12(10)14/h1-9H,(H2,18,20). The highest BCUT2D eigenvalue weighted by atomic mass is 19.1. The first-order chi connectivity index (χ1) is 10.2. The monoisotopic (exact) mass is 278 g/mol. The average Bonchev–Trinajstić information content (AvgIpc) is 2.81. The zero-order valence-corrected chi connectivity index (χ0v) is 11.0. The Balaban J connectivity index is 2.11. The number of hydrogen-bond acceptors (Lipinski definition) is 3. The van der Waals surface area contributed by atoms with E-state index in [1.807, 2.05) is 28.8 Å². The lowest BCUT2D eigenvalue weighted by Gasteiger charge is -2.10. The van der Waals surface area contributed by atoms with Crippen LogP contribution in [0.15, 0.2) is 54.9 Å². The minimum atomic E-state index is -0.325. The van der Waals surface area contributed by atoms with E-state index in [0.29, 0.717) is 11.5 Å². The third kappa shape index (κ3) is 1.74. The lowest BCUT2D eigenvalue weighted by Crippen LogP contribution is -2.01. The van der Waals surface area contributed by atoms with Gasteiger partial charge in [0.1, 0.15) is 5.82 Å². The number of hydrogen-bond donors (Lipinski definition) is 1. The van der Waals surface area contributed by atoms with E-state index in [9.17, 15) is 4.39 Å². The fourth-order valence-electron chi connectivity index (χ4n) is 2.63. The molecule has 0 bridgehead atoms. The molecule has 0 amide bonds. The zero-order chi connectivity index (χ0) is 14.4. The predicted molar refractivity (Wildman–Crippen MR) is 80.7 cm³/mol. The molecule has 0 unspecified atom stereocenters. The molecule has 0 saturated heterocycles. The van der Waals surface area contributed by atoms with Crippen LogP contribution in [0.2, 0.25) is 0 Å². The summed E-state index contributed by atoms with van der Waals surface area (Å²) in [6, 6.07) is 12.3. The molecule has 0 radical (unpaired) electrons. The van der Waals surface area contributed by atoms with Crippen LogP contribution in [0.1, 0.15) is 0 Å². The van der Waals surface area contributed by atoms with Crippen molar-refractivity contribution in [2.75, 3.05) is 5.73 Å². The van der Waals surface area contributed by atoms with Gasteiger partial charge in [0.05, 0.1) is 16.7 Å². The van der Waals surface area contributed by atoms with Gasteiger partial charge >= 0.3 is 0 Å². The molecule has 0 aliphatic rings. The van der Waals surface area contributed by atoms with Crippen LogP contribution >= 0.6 is 0 Å². The van der Waals surface area contributed by atoms with Gasteiger partial charge in [-0.1, -0.05) is 12.1 Å². The number of imidazole rings is 1. The van der Waals surface area contributed by atoms with E-state index in [4.69, 9.17) is 5.73 Å². The molecule has 0 saturated carbocycles. The maximum atomic E-state index is 13.3. The van der Waals surface area contributed by atoms with Crippen LogP contribution in [0.4, 0.5) is 10.3 Å². The summed E-state index contributed by atoms with van der Waals surface area (Å²) in [7, 11) is 0. The Labute approximate surface area is 119 Å². The van der Waals surface area contributed by atoms with Crippen molar-refractivity contribution in [1.82, 2.24) is 14.5 Å². The number of anilines is 1. The fraction of sp³-hybridized carbons (Fsp3) is 0. The fourth-order valence-corrected chi connectivity index (χ4v) is 2.63. The van der Waals surface area contributed by atoms with Crippen molar-refractivity contribution < 1.29 is 4.39 Å². The van der Waals surface area contributed by atoms with Crippen LogP contribution in [0.25, 0.3) is 27.5 Å². The molecule has 102 valence electrons. The van der Waals surface area contributed by atoms with Gasteiger partial charge in [-0.05, 0) is 24.3 Å². The largest absolute Gasteiger partial charge is 0.369 e. The van der Waals surface area contributed by atoms with Crippen molar-refractivity contribution in [3.63, 3.8) is 0 Å². The molecule has 0 fully saturated rings. The number of aromatic nitrogens is 3. The van der Waals surface area contributed by atoms with E-state index in [1.54, 1.807) is 18.5 Å². The summed E-state index contributed by atoms with van der Waals surface area (Å²) < 4.78 is 15.2. The molecule has 2 aromatic carbocycles. The summed E-state index contributed by atoms with van der Waals surface area (Å²) in [5, 5.41) is 2.03. The Hall–Kier alpha value is -2.95. The SMILES string of the molecule is Nc1nc2cc(F)ccc2n1-c1cccc2cnccc12. The molecule has 4 rings (SSSR count). The number of pyridine rings is 1. The van der Waals surface area contributed by atoms with Gasteiger partial charge in [-0.3, -0.25) is 9.55 Å². The Morgan fingerprint density at radius 3 is 2.90 bits per heavy atom. The van der Waals surface area contributed by atoms with Crippen LogP contribution in [0.3, 0.4) is 0 Å². The Kier molecular flexibility index (Phi) is 2.41. The van der Waals surface area contributed by atoms with Gasteiger partial charge in [0.25, 0.3) is 0 Å². The van der Waals surface area contributed by atoms with Gasteiger partial charge in [0, 0.05) is 29.2 Å². The third-order valence-corrected chi connectivity index (χ3v) is 3.54.